The van der Waals surface area contributed by atoms with Crippen LogP contribution in [0.25, 0.3) is 0 Å². The van der Waals surface area contributed by atoms with Gasteiger partial charge in [-0.05, 0) is 0 Å². The molecule has 11 atom stereocenters. The van der Waals surface area contributed by atoms with Gasteiger partial charge in [0.1, 0.15) is 24.9 Å². The molecule has 256 valence electrons. The molecule has 0 radical (unpaired) electrons. The number of fused-ring (bicyclic) bond motifs is 1. The van der Waals surface area contributed by atoms with Gasteiger partial charge in [-0.15, -0.1) is 0 Å². The lowest BCUT2D eigenvalue weighted by molar-refractivity contribution is -0.345. The van der Waals surface area contributed by atoms with Crippen LogP contribution in [0.5, 0.6) is 0 Å². The normalized spacial score (nSPS) is 33.1. The largest absolute Gasteiger partial charge is 0.472 e. The summed E-state index contributed by atoms with van der Waals surface area (Å²) >= 11 is 0. The predicted molar refractivity (Wildman–Crippen MR) is 145 cm³/mol. The van der Waals surface area contributed by atoms with Crippen molar-refractivity contribution in [2.24, 2.45) is 17.8 Å². The van der Waals surface area contributed by atoms with Gasteiger partial charge in [-0.3, -0.25) is 28.8 Å². The molecule has 1 aliphatic carbocycles. The Morgan fingerprint density at radius 3 is 1.67 bits per heavy atom. The van der Waals surface area contributed by atoms with Gasteiger partial charge in [-0.2, -0.15) is 0 Å². The van der Waals surface area contributed by atoms with Crippen LogP contribution in [0.3, 0.4) is 0 Å². The van der Waals surface area contributed by atoms with Gasteiger partial charge in [-0.25, -0.2) is 4.79 Å². The van der Waals surface area contributed by atoms with Crippen LogP contribution in [0.4, 0.5) is 0 Å². The van der Waals surface area contributed by atoms with E-state index in [1.807, 2.05) is 0 Å². The third-order valence-electron chi connectivity index (χ3n) is 7.46. The number of methoxy groups -OCH3 is 1. The molecule has 0 aromatic heterocycles. The monoisotopic (exact) mass is 658 g/mol. The zero-order chi connectivity index (χ0) is 34.5. The minimum atomic E-state index is -1.63. The maximum absolute atomic E-state index is 12.8. The lowest BCUT2D eigenvalue weighted by atomic mass is 9.82. The summed E-state index contributed by atoms with van der Waals surface area (Å²) in [6.07, 6.45) is -10.0. The van der Waals surface area contributed by atoms with Gasteiger partial charge in [0.25, 0.3) is 0 Å². The topological polar surface area (TPSA) is 212 Å². The number of hydrogen-bond acceptors (Lipinski definition) is 17. The lowest BCUT2D eigenvalue weighted by Gasteiger charge is -2.46. The van der Waals surface area contributed by atoms with Crippen molar-refractivity contribution in [3.8, 4) is 0 Å². The quantitative estimate of drug-likeness (QED) is 0.227. The van der Waals surface area contributed by atoms with E-state index >= 15 is 0 Å². The van der Waals surface area contributed by atoms with Crippen LogP contribution in [0.2, 0.25) is 0 Å². The summed E-state index contributed by atoms with van der Waals surface area (Å²) < 4.78 is 55.5. The second kappa shape index (κ2) is 15.4. The first-order valence-electron chi connectivity index (χ1n) is 14.3. The second-order valence-electron chi connectivity index (χ2n) is 10.9. The first-order chi connectivity index (χ1) is 21.5. The molecule has 0 aromatic carbocycles. The van der Waals surface area contributed by atoms with Crippen molar-refractivity contribution < 1.29 is 80.9 Å². The zero-order valence-electron chi connectivity index (χ0n) is 26.6. The van der Waals surface area contributed by atoms with E-state index in [0.717, 1.165) is 48.0 Å². The lowest BCUT2D eigenvalue weighted by Crippen LogP contribution is -2.63. The molecule has 0 amide bonds. The van der Waals surface area contributed by atoms with Gasteiger partial charge in [0.05, 0.1) is 18.9 Å². The van der Waals surface area contributed by atoms with Crippen LogP contribution in [0, 0.1) is 17.8 Å². The van der Waals surface area contributed by atoms with E-state index in [9.17, 15) is 33.6 Å². The Morgan fingerprint density at radius 1 is 0.652 bits per heavy atom. The van der Waals surface area contributed by atoms with Crippen LogP contribution in [-0.2, 0) is 80.9 Å². The number of carbonyl (C=O) groups excluding carboxylic acids is 7. The highest BCUT2D eigenvalue weighted by atomic mass is 16.8. The van der Waals surface area contributed by atoms with Crippen LogP contribution >= 0.6 is 0 Å². The van der Waals surface area contributed by atoms with Gasteiger partial charge >= 0.3 is 41.8 Å². The summed E-state index contributed by atoms with van der Waals surface area (Å²) in [5.74, 6) is -8.00. The molecule has 0 spiro atoms. The van der Waals surface area contributed by atoms with Gasteiger partial charge < -0.3 is 47.4 Å². The Labute approximate surface area is 264 Å². The van der Waals surface area contributed by atoms with E-state index in [2.05, 4.69) is 0 Å². The number of hydrogen-bond donors (Lipinski definition) is 0. The molecule has 2 aliphatic heterocycles. The fourth-order valence-electron chi connectivity index (χ4n) is 5.93. The molecular formula is C29H38O17. The van der Waals surface area contributed by atoms with Gasteiger partial charge in [0.15, 0.2) is 18.3 Å². The summed E-state index contributed by atoms with van der Waals surface area (Å²) in [5, 5.41) is 0. The number of rotatable bonds is 10. The Bertz CT molecular complexity index is 1240. The Balaban J connectivity index is 2.10. The molecule has 1 saturated carbocycles. The highest BCUT2D eigenvalue weighted by molar-refractivity contribution is 5.89. The van der Waals surface area contributed by atoms with E-state index in [-0.39, 0.29) is 5.57 Å². The van der Waals surface area contributed by atoms with E-state index in [1.54, 1.807) is 6.92 Å². The van der Waals surface area contributed by atoms with Crippen molar-refractivity contribution in [3.63, 3.8) is 0 Å². The molecule has 3 aliphatic rings. The number of esters is 7. The predicted octanol–water partition coefficient (Wildman–Crippen LogP) is 0.245. The number of carbonyl (C=O) groups is 7. The minimum absolute atomic E-state index is 0.0401. The summed E-state index contributed by atoms with van der Waals surface area (Å²) in [4.78, 5) is 85.1. The van der Waals surface area contributed by atoms with Gasteiger partial charge in [-0.1, -0.05) is 6.92 Å². The molecule has 2 heterocycles. The highest BCUT2D eigenvalue weighted by Crippen LogP contribution is 2.50. The molecular weight excluding hydrogens is 620 g/mol. The van der Waals surface area contributed by atoms with Gasteiger partial charge in [0.2, 0.25) is 12.6 Å². The standard InChI is InChI=1S/C29H38O17/c1-11-20-21(24(42-15(5)33)22(11)40-13(3)31)18(27(36)37-8)9-39-28(20)46-29-26(44-17(7)35)25(43-16(6)34)23(41-14(4)32)19(45-29)10-38-12(2)30/h9,11,19-26,28-29H,10H2,1-8H3/t11-,19+,20+,21+,22+,23+,24-,25-,26+,28-,29-/m0/s1. The average Bonchev–Trinajstić information content (AvgIpc) is 3.20. The highest BCUT2D eigenvalue weighted by Gasteiger charge is 2.61. The fourth-order valence-corrected chi connectivity index (χ4v) is 5.93. The Kier molecular flexibility index (Phi) is 12.1. The fraction of sp³-hybridized carbons (Fsp3) is 0.690. The molecule has 0 bridgehead atoms. The van der Waals surface area contributed by atoms with E-state index in [0.29, 0.717) is 0 Å². The molecule has 0 aromatic rings. The summed E-state index contributed by atoms with van der Waals surface area (Å²) in [5.41, 5.74) is -0.0401. The summed E-state index contributed by atoms with van der Waals surface area (Å²) in [6, 6.07) is 0. The maximum atomic E-state index is 12.8. The van der Waals surface area contributed by atoms with E-state index in [4.69, 9.17) is 47.4 Å². The third kappa shape index (κ3) is 8.51. The van der Waals surface area contributed by atoms with Crippen molar-refractivity contribution >= 4 is 41.8 Å². The summed E-state index contributed by atoms with van der Waals surface area (Å²) in [7, 11) is 1.14. The van der Waals surface area contributed by atoms with Gasteiger partial charge in [0, 0.05) is 59.3 Å². The van der Waals surface area contributed by atoms with Crippen LogP contribution in [0.15, 0.2) is 11.8 Å². The minimum Gasteiger partial charge on any atom is -0.472 e. The second-order valence-corrected chi connectivity index (χ2v) is 10.9. The molecule has 3 rings (SSSR count). The smallest absolute Gasteiger partial charge is 0.337 e. The van der Waals surface area contributed by atoms with Crippen LogP contribution in [0.1, 0.15) is 48.5 Å². The molecule has 1 saturated heterocycles. The molecule has 2 fully saturated rings. The van der Waals surface area contributed by atoms with E-state index < -0.39 is 115 Å². The third-order valence-corrected chi connectivity index (χ3v) is 7.46. The first-order valence-corrected chi connectivity index (χ1v) is 14.3. The summed E-state index contributed by atoms with van der Waals surface area (Å²) in [6.45, 7) is 7.82. The van der Waals surface area contributed by atoms with Crippen molar-refractivity contribution in [2.45, 2.75) is 97.7 Å². The molecule has 0 N–H and O–H groups in total. The average molecular weight is 659 g/mol. The SMILES string of the molecule is COC(=O)C1=CO[C@@H](O[C@@H]2O[C@H](COC(C)=O)[C@@H](OC(C)=O)[C@H](OC(C)=O)[C@H]2OC(C)=O)[C@@H]2[C@H](C)[C@@H](OC(C)=O)[C@@H](OC(C)=O)[C@H]12. The van der Waals surface area contributed by atoms with Crippen LogP contribution < -0.4 is 0 Å². The van der Waals surface area contributed by atoms with E-state index in [1.165, 1.54) is 6.92 Å². The first kappa shape index (κ1) is 36.2. The molecule has 17 nitrogen and oxygen atoms in total. The van der Waals surface area contributed by atoms with Crippen LogP contribution in [-0.4, -0.2) is 105 Å². The van der Waals surface area contributed by atoms with Crippen molar-refractivity contribution in [1.82, 2.24) is 0 Å². The molecule has 46 heavy (non-hydrogen) atoms. The van der Waals surface area contributed by atoms with Crippen molar-refractivity contribution in [1.29, 1.82) is 0 Å². The van der Waals surface area contributed by atoms with Crippen molar-refractivity contribution in [3.05, 3.63) is 11.8 Å². The van der Waals surface area contributed by atoms with Crippen molar-refractivity contribution in [2.75, 3.05) is 13.7 Å². The zero-order valence-corrected chi connectivity index (χ0v) is 26.6. The molecule has 0 unspecified atom stereocenters. The molecule has 17 heteroatoms. The Morgan fingerprint density at radius 2 is 1.15 bits per heavy atom. The number of ether oxygens (including phenoxy) is 10. The maximum Gasteiger partial charge on any atom is 0.337 e. The Hall–Kier alpha value is -4.25.